The van der Waals surface area contributed by atoms with Crippen LogP contribution in [0.4, 0.5) is 8.78 Å². The predicted molar refractivity (Wildman–Crippen MR) is 97.3 cm³/mol. The summed E-state index contributed by atoms with van der Waals surface area (Å²) >= 11 is 0. The van der Waals surface area contributed by atoms with Crippen LogP contribution in [-0.2, 0) is 14.6 Å². The Kier molecular flexibility index (Phi) is 5.28. The molecule has 1 heterocycles. The number of carbonyl (C=O) groups excluding carboxylic acids is 2. The Hall–Kier alpha value is -3.07. The van der Waals surface area contributed by atoms with Crippen molar-refractivity contribution in [2.45, 2.75) is 17.6 Å². The maximum atomic E-state index is 12.5. The van der Waals surface area contributed by atoms with E-state index in [1.807, 2.05) is 12.1 Å². The van der Waals surface area contributed by atoms with Crippen molar-refractivity contribution < 1.29 is 31.5 Å². The number of rotatable bonds is 6. The number of aromatic nitrogens is 1. The number of halogens is 2. The largest absolute Gasteiger partial charge is 0.454 e. The molecule has 0 unspecified atom stereocenters. The lowest BCUT2D eigenvalue weighted by atomic mass is 10.1. The van der Waals surface area contributed by atoms with Gasteiger partial charge in [0.05, 0.1) is 10.5 Å². The highest BCUT2D eigenvalue weighted by atomic mass is 32.2. The van der Waals surface area contributed by atoms with Gasteiger partial charge in [-0.3, -0.25) is 4.79 Å². The molecule has 0 saturated carbocycles. The Morgan fingerprint density at radius 3 is 2.36 bits per heavy atom. The molecule has 0 aliphatic carbocycles. The molecule has 0 fully saturated rings. The van der Waals surface area contributed by atoms with Gasteiger partial charge in [-0.15, -0.1) is 0 Å². The van der Waals surface area contributed by atoms with Gasteiger partial charge in [-0.25, -0.2) is 13.2 Å². The summed E-state index contributed by atoms with van der Waals surface area (Å²) in [6.45, 7) is 1.22. The maximum Gasteiger partial charge on any atom is 0.341 e. The number of ketones is 1. The highest BCUT2D eigenvalue weighted by molar-refractivity contribution is 7.91. The van der Waals surface area contributed by atoms with Crippen LogP contribution in [0.15, 0.2) is 53.4 Å². The summed E-state index contributed by atoms with van der Waals surface area (Å²) in [5.41, 5.74) is 1.78. The Bertz CT molecular complexity index is 1150. The number of ether oxygens (including phenoxy) is 1. The Morgan fingerprint density at radius 2 is 1.71 bits per heavy atom. The minimum absolute atomic E-state index is 0.0586. The number of alkyl halides is 2. The predicted octanol–water partition coefficient (Wildman–Crippen LogP) is 3.51. The zero-order valence-electron chi connectivity index (χ0n) is 14.6. The molecule has 0 aliphatic rings. The quantitative estimate of drug-likeness (QED) is 0.499. The van der Waals surface area contributed by atoms with Crippen LogP contribution in [0.1, 0.15) is 26.4 Å². The smallest absolute Gasteiger partial charge is 0.341 e. The summed E-state index contributed by atoms with van der Waals surface area (Å²) in [4.78, 5) is 27.0. The van der Waals surface area contributed by atoms with E-state index < -0.39 is 38.8 Å². The molecular weight excluding hydrogens is 392 g/mol. The van der Waals surface area contributed by atoms with Crippen molar-refractivity contribution in [2.24, 2.45) is 0 Å². The van der Waals surface area contributed by atoms with Gasteiger partial charge >= 0.3 is 11.7 Å². The lowest BCUT2D eigenvalue weighted by Gasteiger charge is -2.06. The molecule has 1 N–H and O–H groups in total. The van der Waals surface area contributed by atoms with Crippen molar-refractivity contribution in [2.75, 3.05) is 6.61 Å². The van der Waals surface area contributed by atoms with Crippen molar-refractivity contribution in [3.05, 3.63) is 65.4 Å². The second kappa shape index (κ2) is 7.51. The summed E-state index contributed by atoms with van der Waals surface area (Å²) in [5, 5.41) is 0.711. The molecule has 0 radical (unpaired) electrons. The summed E-state index contributed by atoms with van der Waals surface area (Å²) in [7, 11) is -4.74. The topological polar surface area (TPSA) is 93.3 Å². The lowest BCUT2D eigenvalue weighted by molar-refractivity contribution is 0.0475. The normalized spacial score (nSPS) is 11.7. The fraction of sp³-hybridized carbons (Fsp3) is 0.158. The van der Waals surface area contributed by atoms with Crippen LogP contribution in [0.5, 0.6) is 0 Å². The van der Waals surface area contributed by atoms with Crippen LogP contribution in [0.3, 0.4) is 0 Å². The minimum Gasteiger partial charge on any atom is -0.454 e. The first-order chi connectivity index (χ1) is 13.2. The van der Waals surface area contributed by atoms with Crippen molar-refractivity contribution in [1.82, 2.24) is 4.98 Å². The zero-order chi connectivity index (χ0) is 20.5. The van der Waals surface area contributed by atoms with E-state index in [2.05, 4.69) is 4.98 Å². The fourth-order valence-electron chi connectivity index (χ4n) is 2.81. The number of carbonyl (C=O) groups is 2. The van der Waals surface area contributed by atoms with Crippen molar-refractivity contribution in [1.29, 1.82) is 0 Å². The lowest BCUT2D eigenvalue weighted by Crippen LogP contribution is -2.15. The number of Topliss-reactive ketones (excluding diaryl/α,β-unsaturated/α-hetero) is 1. The average Bonchev–Trinajstić information content (AvgIpc) is 3.01. The van der Waals surface area contributed by atoms with Crippen LogP contribution in [0.25, 0.3) is 10.9 Å². The zero-order valence-corrected chi connectivity index (χ0v) is 15.4. The molecule has 0 bridgehead atoms. The highest BCUT2D eigenvalue weighted by Gasteiger charge is 2.26. The van der Waals surface area contributed by atoms with Gasteiger partial charge in [0.1, 0.15) is 0 Å². The number of fused-ring (bicyclic) bond motifs is 1. The van der Waals surface area contributed by atoms with E-state index in [0.29, 0.717) is 16.6 Å². The number of H-pyrrole nitrogens is 1. The Labute approximate surface area is 159 Å². The van der Waals surface area contributed by atoms with Gasteiger partial charge in [0, 0.05) is 22.2 Å². The third-order valence-electron chi connectivity index (χ3n) is 4.16. The number of hydrogen-bond acceptors (Lipinski definition) is 5. The summed E-state index contributed by atoms with van der Waals surface area (Å²) in [6, 6.07) is 11.1. The average molecular weight is 407 g/mol. The van der Waals surface area contributed by atoms with Gasteiger partial charge in [0.15, 0.2) is 6.61 Å². The van der Waals surface area contributed by atoms with Crippen molar-refractivity contribution in [3.8, 4) is 0 Å². The molecule has 1 aromatic heterocycles. The first kappa shape index (κ1) is 19.7. The molecule has 146 valence electrons. The number of benzene rings is 2. The van der Waals surface area contributed by atoms with E-state index in [-0.39, 0.29) is 5.56 Å². The van der Waals surface area contributed by atoms with E-state index >= 15 is 0 Å². The van der Waals surface area contributed by atoms with Gasteiger partial charge in [-0.1, -0.05) is 18.2 Å². The molecule has 0 saturated heterocycles. The number of nitrogens with one attached hydrogen (secondary N) is 1. The van der Waals surface area contributed by atoms with Gasteiger partial charge in [-0.05, 0) is 37.3 Å². The first-order valence-corrected chi connectivity index (χ1v) is 9.66. The molecule has 0 atom stereocenters. The number of para-hydroxylation sites is 1. The van der Waals surface area contributed by atoms with E-state index in [0.717, 1.165) is 29.8 Å². The second-order valence-electron chi connectivity index (χ2n) is 6.00. The van der Waals surface area contributed by atoms with Crippen LogP contribution in [-0.4, -0.2) is 37.5 Å². The second-order valence-corrected chi connectivity index (χ2v) is 7.92. The Morgan fingerprint density at radius 1 is 1.07 bits per heavy atom. The third kappa shape index (κ3) is 3.65. The maximum absolute atomic E-state index is 12.5. The number of hydrogen-bond donors (Lipinski definition) is 1. The molecule has 0 aliphatic heterocycles. The van der Waals surface area contributed by atoms with Crippen LogP contribution in [0, 0.1) is 6.92 Å². The molecule has 0 spiro atoms. The molecule has 3 rings (SSSR count). The highest BCUT2D eigenvalue weighted by Crippen LogP contribution is 2.23. The molecule has 6 nitrogen and oxygen atoms in total. The van der Waals surface area contributed by atoms with Gasteiger partial charge < -0.3 is 9.72 Å². The van der Waals surface area contributed by atoms with E-state index in [9.17, 15) is 26.8 Å². The van der Waals surface area contributed by atoms with E-state index in [4.69, 9.17) is 4.74 Å². The monoisotopic (exact) mass is 407 g/mol. The van der Waals surface area contributed by atoms with Crippen molar-refractivity contribution in [3.63, 3.8) is 0 Å². The van der Waals surface area contributed by atoms with Gasteiger partial charge in [0.2, 0.25) is 15.6 Å². The molecular formula is C19H15F2NO5S. The standard InChI is InChI=1S/C19H15F2NO5S/c1-11-17(14-4-2-3-5-15(14)22-11)16(23)10-27-18(24)12-6-8-13(9-7-12)28(25,26)19(20)21/h2-9,19,22H,10H2,1H3. The molecule has 3 aromatic rings. The number of aromatic amines is 1. The third-order valence-corrected chi connectivity index (χ3v) is 5.56. The summed E-state index contributed by atoms with van der Waals surface area (Å²) in [6.07, 6.45) is 0. The van der Waals surface area contributed by atoms with E-state index in [1.165, 1.54) is 0 Å². The molecule has 0 amide bonds. The van der Waals surface area contributed by atoms with Gasteiger partial charge in [-0.2, -0.15) is 8.78 Å². The van der Waals surface area contributed by atoms with Crippen molar-refractivity contribution >= 4 is 32.5 Å². The van der Waals surface area contributed by atoms with Crippen LogP contribution >= 0.6 is 0 Å². The molecule has 9 heteroatoms. The Balaban J connectivity index is 1.72. The number of esters is 1. The number of sulfone groups is 1. The van der Waals surface area contributed by atoms with E-state index in [1.54, 1.807) is 19.1 Å². The summed E-state index contributed by atoms with van der Waals surface area (Å²) < 4.78 is 52.8. The minimum atomic E-state index is -4.74. The van der Waals surface area contributed by atoms with Crippen LogP contribution in [0.2, 0.25) is 0 Å². The number of aryl methyl sites for hydroxylation is 1. The SMILES string of the molecule is Cc1[nH]c2ccccc2c1C(=O)COC(=O)c1ccc(S(=O)(=O)C(F)F)cc1. The van der Waals surface area contributed by atoms with Gasteiger partial charge in [0.25, 0.3) is 0 Å². The first-order valence-electron chi connectivity index (χ1n) is 8.11. The van der Waals surface area contributed by atoms with Crippen LogP contribution < -0.4 is 0 Å². The fourth-order valence-corrected chi connectivity index (χ4v) is 3.53. The summed E-state index contributed by atoms with van der Waals surface area (Å²) in [5.74, 6) is -4.82. The molecule has 28 heavy (non-hydrogen) atoms. The molecule has 2 aromatic carbocycles.